The first-order valence-electron chi connectivity index (χ1n) is 5.92. The molecular formula is C13H14F3NO2. The van der Waals surface area contributed by atoms with Crippen molar-refractivity contribution in [3.63, 3.8) is 0 Å². The van der Waals surface area contributed by atoms with Crippen molar-refractivity contribution in [2.24, 2.45) is 0 Å². The lowest BCUT2D eigenvalue weighted by Gasteiger charge is -2.32. The number of hydrogen-bond acceptors (Lipinski definition) is 2. The molecule has 19 heavy (non-hydrogen) atoms. The van der Waals surface area contributed by atoms with Crippen LogP contribution in [0.15, 0.2) is 24.3 Å². The van der Waals surface area contributed by atoms with E-state index >= 15 is 0 Å². The van der Waals surface area contributed by atoms with Gasteiger partial charge < -0.3 is 9.64 Å². The lowest BCUT2D eigenvalue weighted by molar-refractivity contribution is -0.137. The fourth-order valence-corrected chi connectivity index (χ4v) is 2.02. The Morgan fingerprint density at radius 3 is 2.47 bits per heavy atom. The fraction of sp³-hybridized carbons (Fsp3) is 0.462. The third-order valence-corrected chi connectivity index (χ3v) is 3.12. The SMILES string of the molecule is CC(=O)N1CCOC(c2ccc(C(F)(F)F)cc2)C1. The molecule has 1 unspecified atom stereocenters. The first kappa shape index (κ1) is 13.9. The van der Waals surface area contributed by atoms with Crippen LogP contribution >= 0.6 is 0 Å². The van der Waals surface area contributed by atoms with Gasteiger partial charge >= 0.3 is 6.18 Å². The van der Waals surface area contributed by atoms with Gasteiger partial charge in [-0.3, -0.25) is 4.79 Å². The summed E-state index contributed by atoms with van der Waals surface area (Å²) in [6.45, 7) is 2.76. The standard InChI is InChI=1S/C13H14F3NO2/c1-9(18)17-6-7-19-12(8-17)10-2-4-11(5-3-10)13(14,15)16/h2-5,12H,6-8H2,1H3. The molecule has 1 fully saturated rings. The number of carbonyl (C=O) groups is 1. The van der Waals surface area contributed by atoms with Gasteiger partial charge in [-0.25, -0.2) is 0 Å². The highest BCUT2D eigenvalue weighted by Gasteiger charge is 2.31. The summed E-state index contributed by atoms with van der Waals surface area (Å²) in [4.78, 5) is 12.9. The number of nitrogens with zero attached hydrogens (tertiary/aromatic N) is 1. The Hall–Kier alpha value is -1.56. The van der Waals surface area contributed by atoms with Gasteiger partial charge in [-0.2, -0.15) is 13.2 Å². The van der Waals surface area contributed by atoms with E-state index in [0.29, 0.717) is 25.3 Å². The summed E-state index contributed by atoms with van der Waals surface area (Å²) < 4.78 is 42.8. The van der Waals surface area contributed by atoms with Crippen LogP contribution < -0.4 is 0 Å². The van der Waals surface area contributed by atoms with E-state index in [1.165, 1.54) is 19.1 Å². The van der Waals surface area contributed by atoms with Crippen molar-refractivity contribution in [1.29, 1.82) is 0 Å². The number of benzene rings is 1. The highest BCUT2D eigenvalue weighted by Crippen LogP contribution is 2.31. The summed E-state index contributed by atoms with van der Waals surface area (Å²) in [7, 11) is 0. The van der Waals surface area contributed by atoms with Crippen LogP contribution in [0.4, 0.5) is 13.2 Å². The molecular weight excluding hydrogens is 259 g/mol. The third kappa shape index (κ3) is 3.26. The molecule has 1 heterocycles. The van der Waals surface area contributed by atoms with E-state index in [2.05, 4.69) is 0 Å². The lowest BCUT2D eigenvalue weighted by Crippen LogP contribution is -2.41. The van der Waals surface area contributed by atoms with Crippen LogP contribution in [0, 0.1) is 0 Å². The predicted molar refractivity (Wildman–Crippen MR) is 62.4 cm³/mol. The predicted octanol–water partition coefficient (Wildman–Crippen LogP) is 2.63. The highest BCUT2D eigenvalue weighted by molar-refractivity contribution is 5.73. The highest BCUT2D eigenvalue weighted by atomic mass is 19.4. The molecule has 0 spiro atoms. The summed E-state index contributed by atoms with van der Waals surface area (Å²) >= 11 is 0. The minimum Gasteiger partial charge on any atom is -0.370 e. The van der Waals surface area contributed by atoms with Gasteiger partial charge in [-0.05, 0) is 17.7 Å². The van der Waals surface area contributed by atoms with Gasteiger partial charge in [-0.15, -0.1) is 0 Å². The lowest BCUT2D eigenvalue weighted by atomic mass is 10.1. The number of morpholine rings is 1. The van der Waals surface area contributed by atoms with Crippen LogP contribution in [0.2, 0.25) is 0 Å². The van der Waals surface area contributed by atoms with Gasteiger partial charge in [0.2, 0.25) is 5.91 Å². The second-order valence-electron chi connectivity index (χ2n) is 4.44. The van der Waals surface area contributed by atoms with Crippen LogP contribution in [0.3, 0.4) is 0 Å². The van der Waals surface area contributed by atoms with E-state index in [1.807, 2.05) is 0 Å². The van der Waals surface area contributed by atoms with Crippen molar-refractivity contribution < 1.29 is 22.7 Å². The maximum absolute atomic E-state index is 12.4. The Labute approximate surface area is 109 Å². The molecule has 2 rings (SSSR count). The molecule has 0 N–H and O–H groups in total. The van der Waals surface area contributed by atoms with Crippen LogP contribution in [-0.4, -0.2) is 30.5 Å². The Kier molecular flexibility index (Phi) is 3.80. The zero-order chi connectivity index (χ0) is 14.0. The quantitative estimate of drug-likeness (QED) is 0.787. The molecule has 1 aliphatic heterocycles. The Balaban J connectivity index is 2.12. The van der Waals surface area contributed by atoms with Crippen LogP contribution in [0.25, 0.3) is 0 Å². The van der Waals surface area contributed by atoms with E-state index in [0.717, 1.165) is 12.1 Å². The van der Waals surface area contributed by atoms with Gasteiger partial charge in [0.1, 0.15) is 6.10 Å². The second-order valence-corrected chi connectivity index (χ2v) is 4.44. The molecule has 1 amide bonds. The number of alkyl halides is 3. The molecule has 0 aliphatic carbocycles. The number of hydrogen-bond donors (Lipinski definition) is 0. The Morgan fingerprint density at radius 1 is 1.32 bits per heavy atom. The Bertz CT molecular complexity index is 456. The maximum atomic E-state index is 12.4. The van der Waals surface area contributed by atoms with Gasteiger partial charge in [0.15, 0.2) is 0 Å². The molecule has 6 heteroatoms. The van der Waals surface area contributed by atoms with Crippen molar-refractivity contribution >= 4 is 5.91 Å². The largest absolute Gasteiger partial charge is 0.416 e. The van der Waals surface area contributed by atoms with Crippen LogP contribution in [0.5, 0.6) is 0 Å². The molecule has 1 aromatic rings. The molecule has 3 nitrogen and oxygen atoms in total. The van der Waals surface area contributed by atoms with Gasteiger partial charge in [-0.1, -0.05) is 12.1 Å². The average molecular weight is 273 g/mol. The summed E-state index contributed by atoms with van der Waals surface area (Å²) in [6.07, 6.45) is -4.70. The van der Waals surface area contributed by atoms with Crippen LogP contribution in [-0.2, 0) is 15.7 Å². The molecule has 1 aromatic carbocycles. The summed E-state index contributed by atoms with van der Waals surface area (Å²) in [6, 6.07) is 4.87. The van der Waals surface area contributed by atoms with Gasteiger partial charge in [0.05, 0.1) is 18.7 Å². The second kappa shape index (κ2) is 5.21. The van der Waals surface area contributed by atoms with E-state index in [4.69, 9.17) is 4.74 Å². The Morgan fingerprint density at radius 2 is 1.95 bits per heavy atom. The molecule has 0 radical (unpaired) electrons. The first-order valence-corrected chi connectivity index (χ1v) is 5.92. The van der Waals surface area contributed by atoms with Gasteiger partial charge in [0, 0.05) is 13.5 Å². The molecule has 1 saturated heterocycles. The van der Waals surface area contributed by atoms with Crippen molar-refractivity contribution in [2.75, 3.05) is 19.7 Å². The number of ether oxygens (including phenoxy) is 1. The fourth-order valence-electron chi connectivity index (χ4n) is 2.02. The first-order chi connectivity index (χ1) is 8.88. The number of rotatable bonds is 1. The molecule has 0 saturated carbocycles. The normalized spacial score (nSPS) is 20.4. The zero-order valence-corrected chi connectivity index (χ0v) is 10.4. The van der Waals surface area contributed by atoms with Crippen molar-refractivity contribution in [2.45, 2.75) is 19.2 Å². The smallest absolute Gasteiger partial charge is 0.370 e. The van der Waals surface area contributed by atoms with Gasteiger partial charge in [0.25, 0.3) is 0 Å². The van der Waals surface area contributed by atoms with E-state index in [9.17, 15) is 18.0 Å². The number of halogens is 3. The van der Waals surface area contributed by atoms with E-state index in [-0.39, 0.29) is 12.0 Å². The van der Waals surface area contributed by atoms with Crippen molar-refractivity contribution in [3.05, 3.63) is 35.4 Å². The van der Waals surface area contributed by atoms with Crippen molar-refractivity contribution in [1.82, 2.24) is 4.90 Å². The average Bonchev–Trinajstić information content (AvgIpc) is 2.38. The van der Waals surface area contributed by atoms with Crippen LogP contribution in [0.1, 0.15) is 24.2 Å². The molecule has 0 bridgehead atoms. The molecule has 1 aliphatic rings. The number of carbonyl (C=O) groups excluding carboxylic acids is 1. The molecule has 1 atom stereocenters. The van der Waals surface area contributed by atoms with Crippen molar-refractivity contribution in [3.8, 4) is 0 Å². The zero-order valence-electron chi connectivity index (χ0n) is 10.4. The summed E-state index contributed by atoms with van der Waals surface area (Å²) in [5.74, 6) is -0.0554. The molecule has 104 valence electrons. The van der Waals surface area contributed by atoms with E-state index in [1.54, 1.807) is 4.90 Å². The summed E-state index contributed by atoms with van der Waals surface area (Å²) in [5, 5.41) is 0. The third-order valence-electron chi connectivity index (χ3n) is 3.12. The number of amides is 1. The molecule has 0 aromatic heterocycles. The van der Waals surface area contributed by atoms with E-state index < -0.39 is 11.7 Å². The minimum atomic E-state index is -4.34. The minimum absolute atomic E-state index is 0.0554. The summed E-state index contributed by atoms with van der Waals surface area (Å²) in [5.41, 5.74) is -0.0329. The topological polar surface area (TPSA) is 29.5 Å². The maximum Gasteiger partial charge on any atom is 0.416 e. The monoisotopic (exact) mass is 273 g/mol.